The minimum absolute atomic E-state index is 0.369. The minimum Gasteiger partial charge on any atom is -0.374 e. The molecular weight excluding hydrogens is 234 g/mol. The molecule has 0 rings (SSSR count). The van der Waals surface area contributed by atoms with E-state index in [2.05, 4.69) is 19.2 Å². The van der Waals surface area contributed by atoms with E-state index in [-0.39, 0.29) is 5.72 Å². The molecule has 5 heteroatoms. The van der Waals surface area contributed by atoms with Gasteiger partial charge >= 0.3 is 8.80 Å². The van der Waals surface area contributed by atoms with Gasteiger partial charge in [0.05, 0.1) is 0 Å². The highest BCUT2D eigenvalue weighted by atomic mass is 28.4. The summed E-state index contributed by atoms with van der Waals surface area (Å²) in [7, 11) is -0.626. The van der Waals surface area contributed by atoms with Crippen molar-refractivity contribution in [1.29, 1.82) is 0 Å². The van der Waals surface area contributed by atoms with Crippen molar-refractivity contribution in [1.82, 2.24) is 5.32 Å². The molecule has 1 atom stereocenters. The quantitative estimate of drug-likeness (QED) is 0.486. The van der Waals surface area contributed by atoms with Crippen LogP contribution in [0.1, 0.15) is 47.5 Å². The summed E-state index contributed by atoms with van der Waals surface area (Å²) in [6, 6.07) is 0.867. The second kappa shape index (κ2) is 8.21. The van der Waals surface area contributed by atoms with Gasteiger partial charge in [-0.1, -0.05) is 20.3 Å². The summed E-state index contributed by atoms with van der Waals surface area (Å²) < 4.78 is 18.0. The second-order valence-corrected chi connectivity index (χ2v) is 6.88. The number of hydrogen-bond donors (Lipinski definition) is 1. The third kappa shape index (κ3) is 5.48. The van der Waals surface area contributed by atoms with Gasteiger partial charge in [-0.15, -0.1) is 0 Å². The first kappa shape index (κ1) is 17.1. The number of rotatable bonds is 10. The van der Waals surface area contributed by atoms with E-state index in [4.69, 9.17) is 13.3 Å². The van der Waals surface area contributed by atoms with E-state index >= 15 is 0 Å². The molecule has 0 heterocycles. The first-order valence-corrected chi connectivity index (χ1v) is 8.61. The fourth-order valence-corrected chi connectivity index (χ4v) is 4.70. The highest BCUT2D eigenvalue weighted by Crippen LogP contribution is 2.25. The molecule has 104 valence electrons. The van der Waals surface area contributed by atoms with Crippen molar-refractivity contribution in [2.75, 3.05) is 20.3 Å². The molecule has 0 aromatic carbocycles. The molecule has 17 heavy (non-hydrogen) atoms. The lowest BCUT2D eigenvalue weighted by Crippen LogP contribution is -2.56. The molecule has 1 N–H and O–H groups in total. The maximum atomic E-state index is 6.23. The molecule has 0 aromatic rings. The Morgan fingerprint density at radius 3 is 1.88 bits per heavy atom. The van der Waals surface area contributed by atoms with Gasteiger partial charge in [0.1, 0.15) is 5.72 Å². The predicted molar refractivity (Wildman–Crippen MR) is 72.9 cm³/mol. The van der Waals surface area contributed by atoms with E-state index in [0.717, 1.165) is 18.9 Å². The molecule has 0 aliphatic heterocycles. The van der Waals surface area contributed by atoms with Crippen LogP contribution in [0.15, 0.2) is 0 Å². The average molecular weight is 263 g/mol. The van der Waals surface area contributed by atoms with Gasteiger partial charge in [0.2, 0.25) is 0 Å². The Bertz CT molecular complexity index is 181. The van der Waals surface area contributed by atoms with Crippen molar-refractivity contribution in [3.63, 3.8) is 0 Å². The van der Waals surface area contributed by atoms with Crippen LogP contribution in [0.3, 0.4) is 0 Å². The predicted octanol–water partition coefficient (Wildman–Crippen LogP) is 2.77. The van der Waals surface area contributed by atoms with Crippen molar-refractivity contribution in [3.05, 3.63) is 0 Å². The lowest BCUT2D eigenvalue weighted by Gasteiger charge is -2.38. The molecule has 0 aromatic heterocycles. The van der Waals surface area contributed by atoms with Crippen molar-refractivity contribution in [3.8, 4) is 0 Å². The van der Waals surface area contributed by atoms with E-state index in [0.29, 0.717) is 13.2 Å². The second-order valence-electron chi connectivity index (χ2n) is 4.24. The first-order chi connectivity index (χ1) is 8.01. The fraction of sp³-hybridized carbons (Fsp3) is 1.00. The zero-order chi connectivity index (χ0) is 13.4. The first-order valence-electron chi connectivity index (χ1n) is 6.68. The molecule has 1 unspecified atom stereocenters. The van der Waals surface area contributed by atoms with Gasteiger partial charge in [0.25, 0.3) is 0 Å². The lowest BCUT2D eigenvalue weighted by atomic mass is 10.2. The average Bonchev–Trinajstić information content (AvgIpc) is 2.30. The Morgan fingerprint density at radius 2 is 1.59 bits per heavy atom. The molecule has 0 amide bonds. The summed E-state index contributed by atoms with van der Waals surface area (Å²) in [4.78, 5) is 0. The van der Waals surface area contributed by atoms with Crippen molar-refractivity contribution < 1.29 is 13.3 Å². The Kier molecular flexibility index (Phi) is 8.24. The molecule has 0 saturated carbocycles. The highest BCUT2D eigenvalue weighted by molar-refractivity contribution is 6.60. The van der Waals surface area contributed by atoms with Crippen molar-refractivity contribution >= 4 is 8.80 Å². The molecule has 4 nitrogen and oxygen atoms in total. The Hall–Kier alpha value is 0.0569. The van der Waals surface area contributed by atoms with Crippen LogP contribution in [0.25, 0.3) is 0 Å². The van der Waals surface area contributed by atoms with Crippen molar-refractivity contribution in [2.45, 2.75) is 59.2 Å². The third-order valence-corrected chi connectivity index (χ3v) is 6.20. The Morgan fingerprint density at radius 1 is 1.06 bits per heavy atom. The van der Waals surface area contributed by atoms with Crippen LogP contribution in [0.4, 0.5) is 0 Å². The molecule has 0 aliphatic carbocycles. The van der Waals surface area contributed by atoms with E-state index in [1.54, 1.807) is 0 Å². The van der Waals surface area contributed by atoms with E-state index in [9.17, 15) is 0 Å². The van der Waals surface area contributed by atoms with Crippen LogP contribution >= 0.6 is 0 Å². The van der Waals surface area contributed by atoms with Crippen LogP contribution in [-0.2, 0) is 13.3 Å². The summed E-state index contributed by atoms with van der Waals surface area (Å²) in [6.07, 6.45) is 1.89. The number of hydrogen-bond acceptors (Lipinski definition) is 4. The maximum absolute atomic E-state index is 6.23. The summed E-state index contributed by atoms with van der Waals surface area (Å²) in [6.45, 7) is 11.5. The molecule has 0 aliphatic rings. The fourth-order valence-electron chi connectivity index (χ4n) is 1.69. The summed E-state index contributed by atoms with van der Waals surface area (Å²) >= 11 is 0. The lowest BCUT2D eigenvalue weighted by molar-refractivity contribution is -0.0376. The normalized spacial score (nSPS) is 15.9. The Labute approximate surface area is 107 Å². The largest absolute Gasteiger partial charge is 0.502 e. The zero-order valence-electron chi connectivity index (χ0n) is 12.3. The highest BCUT2D eigenvalue weighted by Gasteiger charge is 2.45. The van der Waals surface area contributed by atoms with Crippen LogP contribution in [-0.4, -0.2) is 34.8 Å². The topological polar surface area (TPSA) is 39.7 Å². The summed E-state index contributed by atoms with van der Waals surface area (Å²) in [5, 5.41) is 3.21. The van der Waals surface area contributed by atoms with Gasteiger partial charge in [0, 0.05) is 19.3 Å². The summed E-state index contributed by atoms with van der Waals surface area (Å²) in [5.41, 5.74) is -0.369. The van der Waals surface area contributed by atoms with Gasteiger partial charge in [-0.3, -0.25) is 5.32 Å². The monoisotopic (exact) mass is 263 g/mol. The Balaban J connectivity index is 4.85. The standard InChI is InChI=1S/C12H29NO3Si/c1-7-11-17(14-9-3,15-10-4)16-12(5,8-2)13-6/h13H,7-11H2,1-6H3. The maximum Gasteiger partial charge on any atom is 0.502 e. The third-order valence-electron chi connectivity index (χ3n) is 2.87. The van der Waals surface area contributed by atoms with Gasteiger partial charge in [0.15, 0.2) is 0 Å². The molecule has 0 bridgehead atoms. The van der Waals surface area contributed by atoms with E-state index in [1.165, 1.54) is 0 Å². The van der Waals surface area contributed by atoms with E-state index in [1.807, 2.05) is 27.8 Å². The van der Waals surface area contributed by atoms with Crippen LogP contribution in [0, 0.1) is 0 Å². The van der Waals surface area contributed by atoms with E-state index < -0.39 is 8.80 Å². The number of nitrogens with one attached hydrogen (secondary N) is 1. The van der Waals surface area contributed by atoms with Crippen LogP contribution in [0.2, 0.25) is 6.04 Å². The summed E-state index contributed by atoms with van der Waals surface area (Å²) in [5.74, 6) is 0. The smallest absolute Gasteiger partial charge is 0.374 e. The van der Waals surface area contributed by atoms with Crippen molar-refractivity contribution in [2.24, 2.45) is 0 Å². The van der Waals surface area contributed by atoms with Gasteiger partial charge in [-0.25, -0.2) is 0 Å². The molecular formula is C12H29NO3Si. The molecule has 0 radical (unpaired) electrons. The molecule has 0 fully saturated rings. The SMILES string of the molecule is CCC[Si](OCC)(OCC)OC(C)(CC)NC. The van der Waals surface area contributed by atoms with Gasteiger partial charge in [-0.2, -0.15) is 0 Å². The van der Waals surface area contributed by atoms with Gasteiger partial charge < -0.3 is 13.3 Å². The zero-order valence-corrected chi connectivity index (χ0v) is 13.3. The van der Waals surface area contributed by atoms with Crippen LogP contribution < -0.4 is 5.32 Å². The minimum atomic E-state index is -2.54. The van der Waals surface area contributed by atoms with Gasteiger partial charge in [-0.05, 0) is 34.2 Å². The van der Waals surface area contributed by atoms with Crippen LogP contribution in [0.5, 0.6) is 0 Å². The molecule has 0 saturated heterocycles. The molecule has 0 spiro atoms.